The van der Waals surface area contributed by atoms with Crippen molar-refractivity contribution in [1.82, 2.24) is 4.98 Å². The van der Waals surface area contributed by atoms with Gasteiger partial charge in [-0.3, -0.25) is 0 Å². The molecule has 0 amide bonds. The highest BCUT2D eigenvalue weighted by Gasteiger charge is 2.21. The van der Waals surface area contributed by atoms with Crippen molar-refractivity contribution in [2.75, 3.05) is 13.7 Å². The summed E-state index contributed by atoms with van der Waals surface area (Å²) in [6, 6.07) is 0. The zero-order valence-corrected chi connectivity index (χ0v) is 10.3. The number of methoxy groups -OCH3 is 1. The number of hydrogen-bond donors (Lipinski definition) is 0. The first-order chi connectivity index (χ1) is 7.70. The minimum Gasteiger partial charge on any atom is -0.464 e. The molecule has 1 fully saturated rings. The Labute approximate surface area is 98.6 Å². The summed E-state index contributed by atoms with van der Waals surface area (Å²) in [6.45, 7) is 2.74. The van der Waals surface area contributed by atoms with Crippen molar-refractivity contribution < 1.29 is 14.3 Å². The number of thiazole rings is 1. The minimum absolute atomic E-state index is 0.274. The van der Waals surface area contributed by atoms with Crippen LogP contribution in [0, 0.1) is 6.92 Å². The van der Waals surface area contributed by atoms with Crippen LogP contribution in [0.2, 0.25) is 0 Å². The number of ether oxygens (including phenoxy) is 2. The van der Waals surface area contributed by atoms with Gasteiger partial charge in [0.2, 0.25) is 0 Å². The molecule has 0 aliphatic carbocycles. The van der Waals surface area contributed by atoms with Gasteiger partial charge in [-0.25, -0.2) is 9.78 Å². The Morgan fingerprint density at radius 2 is 2.50 bits per heavy atom. The second-order valence-electron chi connectivity index (χ2n) is 3.84. The number of rotatable bonds is 3. The van der Waals surface area contributed by atoms with Crippen molar-refractivity contribution in [2.24, 2.45) is 0 Å². The van der Waals surface area contributed by atoms with Crippen molar-refractivity contribution in [2.45, 2.75) is 32.3 Å². The van der Waals surface area contributed by atoms with Crippen LogP contribution in [0.15, 0.2) is 0 Å². The Balaban J connectivity index is 2.07. The standard InChI is InChI=1S/C11H15NO3S/c1-7-10(11(13)14-2)12-9(16-7)6-8-4-3-5-15-8/h8H,3-6H2,1-2H3. The lowest BCUT2D eigenvalue weighted by Gasteiger charge is -2.05. The maximum Gasteiger partial charge on any atom is 0.357 e. The van der Waals surface area contributed by atoms with E-state index in [2.05, 4.69) is 9.72 Å². The van der Waals surface area contributed by atoms with Crippen molar-refractivity contribution in [3.05, 3.63) is 15.6 Å². The van der Waals surface area contributed by atoms with Crippen LogP contribution < -0.4 is 0 Å². The SMILES string of the molecule is COC(=O)c1nc(CC2CCCO2)sc1C. The molecule has 0 saturated carbocycles. The number of aromatic nitrogens is 1. The smallest absolute Gasteiger partial charge is 0.357 e. The van der Waals surface area contributed by atoms with Crippen molar-refractivity contribution in [1.29, 1.82) is 0 Å². The molecule has 0 spiro atoms. The first-order valence-corrected chi connectivity index (χ1v) is 6.18. The predicted octanol–water partition coefficient (Wildman–Crippen LogP) is 1.96. The Morgan fingerprint density at radius 1 is 1.69 bits per heavy atom. The molecular weight excluding hydrogens is 226 g/mol. The van der Waals surface area contributed by atoms with Crippen LogP contribution in [0.25, 0.3) is 0 Å². The summed E-state index contributed by atoms with van der Waals surface area (Å²) in [6.07, 6.45) is 3.30. The molecule has 5 heteroatoms. The zero-order valence-electron chi connectivity index (χ0n) is 9.49. The van der Waals surface area contributed by atoms with Gasteiger partial charge >= 0.3 is 5.97 Å². The summed E-state index contributed by atoms with van der Waals surface area (Å²) in [5, 5.41) is 0.963. The van der Waals surface area contributed by atoms with Gasteiger partial charge in [0.1, 0.15) is 0 Å². The Hall–Kier alpha value is -0.940. The maximum atomic E-state index is 11.4. The van der Waals surface area contributed by atoms with Crippen LogP contribution in [0.5, 0.6) is 0 Å². The van der Waals surface area contributed by atoms with Gasteiger partial charge in [0, 0.05) is 17.9 Å². The molecule has 88 valence electrons. The van der Waals surface area contributed by atoms with Gasteiger partial charge in [0.05, 0.1) is 18.2 Å². The number of carbonyl (C=O) groups is 1. The lowest BCUT2D eigenvalue weighted by molar-refractivity contribution is 0.0593. The van der Waals surface area contributed by atoms with E-state index in [1.54, 1.807) is 11.3 Å². The van der Waals surface area contributed by atoms with Crippen molar-refractivity contribution in [3.8, 4) is 0 Å². The third-order valence-electron chi connectivity index (χ3n) is 2.65. The lowest BCUT2D eigenvalue weighted by atomic mass is 10.2. The third-order valence-corrected chi connectivity index (χ3v) is 3.64. The van der Waals surface area contributed by atoms with E-state index in [0.717, 1.165) is 35.8 Å². The average Bonchev–Trinajstić information content (AvgIpc) is 2.88. The summed E-state index contributed by atoms with van der Waals surface area (Å²) in [5.41, 5.74) is 0.445. The molecule has 1 aliphatic rings. The number of hydrogen-bond acceptors (Lipinski definition) is 5. The largest absolute Gasteiger partial charge is 0.464 e. The highest BCUT2D eigenvalue weighted by molar-refractivity contribution is 7.11. The molecule has 0 aromatic carbocycles. The molecule has 1 saturated heterocycles. The molecule has 0 bridgehead atoms. The van der Waals surface area contributed by atoms with Gasteiger partial charge in [-0.1, -0.05) is 0 Å². The predicted molar refractivity (Wildman–Crippen MR) is 60.9 cm³/mol. The van der Waals surface area contributed by atoms with Crippen LogP contribution in [0.1, 0.15) is 33.2 Å². The molecule has 0 N–H and O–H groups in total. The summed E-state index contributed by atoms with van der Waals surface area (Å²) < 4.78 is 10.2. The second-order valence-corrected chi connectivity index (χ2v) is 5.13. The normalized spacial score (nSPS) is 20.0. The summed E-state index contributed by atoms with van der Waals surface area (Å²) in [5.74, 6) is -0.354. The number of carbonyl (C=O) groups excluding carboxylic acids is 1. The quantitative estimate of drug-likeness (QED) is 0.759. The molecule has 0 radical (unpaired) electrons. The average molecular weight is 241 g/mol. The minimum atomic E-state index is -0.354. The molecular formula is C11H15NO3S. The fourth-order valence-corrected chi connectivity index (χ4v) is 2.81. The number of aryl methyl sites for hydroxylation is 1. The number of esters is 1. The summed E-state index contributed by atoms with van der Waals surface area (Å²) in [7, 11) is 1.38. The maximum absolute atomic E-state index is 11.4. The van der Waals surface area contributed by atoms with Crippen molar-refractivity contribution >= 4 is 17.3 Å². The van der Waals surface area contributed by atoms with Gasteiger partial charge in [0.25, 0.3) is 0 Å². The molecule has 2 heterocycles. The van der Waals surface area contributed by atoms with E-state index >= 15 is 0 Å². The first-order valence-electron chi connectivity index (χ1n) is 5.37. The first kappa shape index (κ1) is 11.5. The summed E-state index contributed by atoms with van der Waals surface area (Å²) in [4.78, 5) is 16.6. The van der Waals surface area contributed by atoms with Crippen LogP contribution in [0.3, 0.4) is 0 Å². The lowest BCUT2D eigenvalue weighted by Crippen LogP contribution is -2.09. The van der Waals surface area contributed by atoms with Crippen LogP contribution in [-0.4, -0.2) is 30.8 Å². The monoisotopic (exact) mass is 241 g/mol. The molecule has 16 heavy (non-hydrogen) atoms. The van der Waals surface area contributed by atoms with Crippen LogP contribution >= 0.6 is 11.3 Å². The fourth-order valence-electron chi connectivity index (χ4n) is 1.82. The Bertz CT molecular complexity index is 383. The molecule has 1 aromatic rings. The van der Waals surface area contributed by atoms with Gasteiger partial charge < -0.3 is 9.47 Å². The summed E-state index contributed by atoms with van der Waals surface area (Å²) >= 11 is 1.55. The molecule has 1 aliphatic heterocycles. The molecule has 1 unspecified atom stereocenters. The molecule has 1 aromatic heterocycles. The zero-order chi connectivity index (χ0) is 11.5. The van der Waals surface area contributed by atoms with E-state index in [-0.39, 0.29) is 12.1 Å². The van der Waals surface area contributed by atoms with Gasteiger partial charge in [-0.15, -0.1) is 11.3 Å². The Kier molecular flexibility index (Phi) is 3.56. The molecule has 2 rings (SSSR count). The topological polar surface area (TPSA) is 48.4 Å². The third kappa shape index (κ3) is 2.41. The van der Waals surface area contributed by atoms with Gasteiger partial charge in [0.15, 0.2) is 5.69 Å². The Morgan fingerprint density at radius 3 is 3.12 bits per heavy atom. The fraction of sp³-hybridized carbons (Fsp3) is 0.636. The van der Waals surface area contributed by atoms with E-state index in [0.29, 0.717) is 5.69 Å². The van der Waals surface area contributed by atoms with Gasteiger partial charge in [-0.2, -0.15) is 0 Å². The van der Waals surface area contributed by atoms with Gasteiger partial charge in [-0.05, 0) is 19.8 Å². The van der Waals surface area contributed by atoms with Crippen molar-refractivity contribution in [3.63, 3.8) is 0 Å². The van der Waals surface area contributed by atoms with E-state index in [9.17, 15) is 4.79 Å². The van der Waals surface area contributed by atoms with E-state index in [4.69, 9.17) is 4.74 Å². The highest BCUT2D eigenvalue weighted by atomic mass is 32.1. The number of nitrogens with zero attached hydrogens (tertiary/aromatic N) is 1. The van der Waals surface area contributed by atoms with E-state index in [1.807, 2.05) is 6.92 Å². The molecule has 1 atom stereocenters. The van der Waals surface area contributed by atoms with Crippen LogP contribution in [-0.2, 0) is 15.9 Å². The van der Waals surface area contributed by atoms with E-state index < -0.39 is 0 Å². The van der Waals surface area contributed by atoms with Crippen LogP contribution in [0.4, 0.5) is 0 Å². The highest BCUT2D eigenvalue weighted by Crippen LogP contribution is 2.23. The molecule has 4 nitrogen and oxygen atoms in total. The van der Waals surface area contributed by atoms with E-state index in [1.165, 1.54) is 7.11 Å². The second kappa shape index (κ2) is 4.93.